The summed E-state index contributed by atoms with van der Waals surface area (Å²) in [6.07, 6.45) is 2.90. The van der Waals surface area contributed by atoms with Crippen molar-refractivity contribution in [2.45, 2.75) is 19.3 Å². The number of likely N-dealkylation sites (tertiary alicyclic amines) is 1. The third kappa shape index (κ3) is 5.18. The molecule has 2 amide bonds. The molecule has 1 aromatic rings. The zero-order valence-corrected chi connectivity index (χ0v) is 14.3. The average molecular weight is 324 g/mol. The number of carbonyl (C=O) groups excluding carboxylic acids is 1. The van der Waals surface area contributed by atoms with Gasteiger partial charge in [0.25, 0.3) is 0 Å². The summed E-state index contributed by atoms with van der Waals surface area (Å²) in [7, 11) is 4.16. The minimum atomic E-state index is 0.0698. The van der Waals surface area contributed by atoms with Crippen molar-refractivity contribution in [2.24, 2.45) is 5.92 Å². The highest BCUT2D eigenvalue weighted by molar-refractivity contribution is 6.31. The molecular weight excluding hydrogens is 298 g/mol. The van der Waals surface area contributed by atoms with Crippen molar-refractivity contribution < 1.29 is 4.79 Å². The summed E-state index contributed by atoms with van der Waals surface area (Å²) >= 11 is 6.13. The van der Waals surface area contributed by atoms with E-state index in [0.29, 0.717) is 12.5 Å². The zero-order valence-electron chi connectivity index (χ0n) is 13.5. The Labute approximate surface area is 138 Å². The zero-order chi connectivity index (χ0) is 15.9. The minimum absolute atomic E-state index is 0.0698. The Hall–Kier alpha value is -1.26. The summed E-state index contributed by atoms with van der Waals surface area (Å²) in [5.41, 5.74) is 1.14. The molecule has 0 bridgehead atoms. The van der Waals surface area contributed by atoms with E-state index in [1.807, 2.05) is 29.2 Å². The van der Waals surface area contributed by atoms with Crippen molar-refractivity contribution in [2.75, 3.05) is 40.3 Å². The predicted molar refractivity (Wildman–Crippen MR) is 91.4 cm³/mol. The highest BCUT2D eigenvalue weighted by atomic mass is 35.5. The maximum Gasteiger partial charge on any atom is 0.317 e. The van der Waals surface area contributed by atoms with Crippen LogP contribution in [0.25, 0.3) is 0 Å². The van der Waals surface area contributed by atoms with Gasteiger partial charge in [-0.3, -0.25) is 0 Å². The Balaban J connectivity index is 1.65. The van der Waals surface area contributed by atoms with Gasteiger partial charge in [-0.15, -0.1) is 0 Å². The largest absolute Gasteiger partial charge is 0.338 e. The molecule has 0 aliphatic carbocycles. The monoisotopic (exact) mass is 323 g/mol. The van der Waals surface area contributed by atoms with E-state index < -0.39 is 0 Å². The Morgan fingerprint density at radius 2 is 2.18 bits per heavy atom. The molecule has 0 spiro atoms. The average Bonchev–Trinajstić information content (AvgIpc) is 2.93. The lowest BCUT2D eigenvalue weighted by molar-refractivity contribution is 0.205. The molecule has 0 unspecified atom stereocenters. The fraction of sp³-hybridized carbons (Fsp3) is 0.588. The van der Waals surface area contributed by atoms with Crippen LogP contribution in [0.2, 0.25) is 5.02 Å². The van der Waals surface area contributed by atoms with E-state index in [0.717, 1.165) is 49.5 Å². The van der Waals surface area contributed by atoms with E-state index in [1.165, 1.54) is 0 Å². The molecule has 1 aliphatic heterocycles. The third-order valence-electron chi connectivity index (χ3n) is 4.05. The van der Waals surface area contributed by atoms with E-state index in [2.05, 4.69) is 24.3 Å². The van der Waals surface area contributed by atoms with Gasteiger partial charge in [0.15, 0.2) is 0 Å². The summed E-state index contributed by atoms with van der Waals surface area (Å²) in [5, 5.41) is 3.82. The number of nitrogens with zero attached hydrogens (tertiary/aromatic N) is 2. The number of carbonyl (C=O) groups is 1. The van der Waals surface area contributed by atoms with Crippen LogP contribution >= 0.6 is 11.6 Å². The van der Waals surface area contributed by atoms with Crippen molar-refractivity contribution in [1.29, 1.82) is 0 Å². The lowest BCUT2D eigenvalue weighted by Gasteiger charge is -2.19. The second-order valence-electron chi connectivity index (χ2n) is 6.29. The lowest BCUT2D eigenvalue weighted by Crippen LogP contribution is -2.39. The molecule has 1 aliphatic rings. The second kappa shape index (κ2) is 8.39. The highest BCUT2D eigenvalue weighted by Crippen LogP contribution is 2.17. The minimum Gasteiger partial charge on any atom is -0.338 e. The van der Waals surface area contributed by atoms with Gasteiger partial charge in [-0.1, -0.05) is 29.8 Å². The van der Waals surface area contributed by atoms with Gasteiger partial charge < -0.3 is 15.1 Å². The van der Waals surface area contributed by atoms with Crippen LogP contribution in [0.3, 0.4) is 0 Å². The summed E-state index contributed by atoms with van der Waals surface area (Å²) in [5.74, 6) is 0.601. The number of urea groups is 1. The molecule has 4 nitrogen and oxygen atoms in total. The number of nitrogens with one attached hydrogen (secondary N) is 1. The first-order chi connectivity index (χ1) is 10.6. The maximum atomic E-state index is 12.1. The fourth-order valence-corrected chi connectivity index (χ4v) is 3.20. The summed E-state index contributed by atoms with van der Waals surface area (Å²) < 4.78 is 0. The van der Waals surface area contributed by atoms with Crippen molar-refractivity contribution >= 4 is 17.6 Å². The molecule has 1 atom stereocenters. The van der Waals surface area contributed by atoms with Crippen molar-refractivity contribution in [3.05, 3.63) is 34.9 Å². The van der Waals surface area contributed by atoms with Gasteiger partial charge in [-0.25, -0.2) is 4.79 Å². The first-order valence-corrected chi connectivity index (χ1v) is 8.35. The molecule has 5 heteroatoms. The number of halogens is 1. The predicted octanol–water partition coefficient (Wildman–Crippen LogP) is 2.87. The number of rotatable bonds is 6. The fourth-order valence-electron chi connectivity index (χ4n) is 2.97. The standard InChI is InChI=1S/C17H26ClN3O/c1-20(2)12-14-9-11-21(13-14)17(22)19-10-5-7-15-6-3-4-8-16(15)18/h3-4,6,8,14H,5,7,9-13H2,1-2H3,(H,19,22)/t14-/m1/s1. The Kier molecular flexibility index (Phi) is 6.52. The van der Waals surface area contributed by atoms with Crippen LogP contribution in [-0.2, 0) is 6.42 Å². The summed E-state index contributed by atoms with van der Waals surface area (Å²) in [4.78, 5) is 16.3. The smallest absolute Gasteiger partial charge is 0.317 e. The van der Waals surface area contributed by atoms with Crippen LogP contribution in [0.5, 0.6) is 0 Å². The molecule has 122 valence electrons. The number of aryl methyl sites for hydroxylation is 1. The lowest BCUT2D eigenvalue weighted by atomic mass is 10.1. The summed E-state index contributed by atoms with van der Waals surface area (Å²) in [6, 6.07) is 7.95. The molecule has 1 aromatic carbocycles. The van der Waals surface area contributed by atoms with Gasteiger partial charge >= 0.3 is 6.03 Å². The third-order valence-corrected chi connectivity index (χ3v) is 4.42. The van der Waals surface area contributed by atoms with Crippen molar-refractivity contribution in [3.63, 3.8) is 0 Å². The van der Waals surface area contributed by atoms with E-state index >= 15 is 0 Å². The molecule has 1 N–H and O–H groups in total. The van der Waals surface area contributed by atoms with Crippen LogP contribution in [-0.4, -0.2) is 56.1 Å². The SMILES string of the molecule is CN(C)C[C@H]1CCN(C(=O)NCCCc2ccccc2Cl)C1. The van der Waals surface area contributed by atoms with Gasteiger partial charge in [0, 0.05) is 31.2 Å². The molecule has 1 saturated heterocycles. The van der Waals surface area contributed by atoms with Gasteiger partial charge in [0.1, 0.15) is 0 Å². The van der Waals surface area contributed by atoms with Crippen LogP contribution in [0.15, 0.2) is 24.3 Å². The van der Waals surface area contributed by atoms with E-state index in [1.54, 1.807) is 0 Å². The Morgan fingerprint density at radius 1 is 1.41 bits per heavy atom. The maximum absolute atomic E-state index is 12.1. The van der Waals surface area contributed by atoms with Gasteiger partial charge in [0.05, 0.1) is 0 Å². The number of hydrogen-bond donors (Lipinski definition) is 1. The Bertz CT molecular complexity index is 493. The molecule has 1 heterocycles. The molecule has 0 radical (unpaired) electrons. The topological polar surface area (TPSA) is 35.6 Å². The number of hydrogen-bond acceptors (Lipinski definition) is 2. The van der Waals surface area contributed by atoms with E-state index in [-0.39, 0.29) is 6.03 Å². The van der Waals surface area contributed by atoms with Gasteiger partial charge in [0.2, 0.25) is 0 Å². The molecule has 1 fully saturated rings. The molecular formula is C17H26ClN3O. The molecule has 0 aromatic heterocycles. The normalized spacial score (nSPS) is 18.0. The number of amides is 2. The van der Waals surface area contributed by atoms with Crippen LogP contribution in [0.4, 0.5) is 4.79 Å². The second-order valence-corrected chi connectivity index (χ2v) is 6.70. The first-order valence-electron chi connectivity index (χ1n) is 7.97. The summed E-state index contributed by atoms with van der Waals surface area (Å²) in [6.45, 7) is 3.48. The van der Waals surface area contributed by atoms with E-state index in [4.69, 9.17) is 11.6 Å². The molecule has 2 rings (SSSR count). The van der Waals surface area contributed by atoms with Crippen molar-refractivity contribution in [3.8, 4) is 0 Å². The van der Waals surface area contributed by atoms with Crippen LogP contribution < -0.4 is 5.32 Å². The molecule has 0 saturated carbocycles. The van der Waals surface area contributed by atoms with Crippen LogP contribution in [0.1, 0.15) is 18.4 Å². The Morgan fingerprint density at radius 3 is 2.91 bits per heavy atom. The number of benzene rings is 1. The first kappa shape index (κ1) is 17.1. The van der Waals surface area contributed by atoms with Gasteiger partial charge in [-0.05, 0) is 50.9 Å². The van der Waals surface area contributed by atoms with E-state index in [9.17, 15) is 4.79 Å². The highest BCUT2D eigenvalue weighted by Gasteiger charge is 2.26. The van der Waals surface area contributed by atoms with Gasteiger partial charge in [-0.2, -0.15) is 0 Å². The van der Waals surface area contributed by atoms with Crippen LogP contribution in [0, 0.1) is 5.92 Å². The molecule has 22 heavy (non-hydrogen) atoms. The quantitative estimate of drug-likeness (QED) is 0.817. The van der Waals surface area contributed by atoms with Crippen molar-refractivity contribution in [1.82, 2.24) is 15.1 Å².